The molecule has 0 saturated heterocycles. The summed E-state index contributed by atoms with van der Waals surface area (Å²) in [5, 5.41) is 0. The molecule has 0 aliphatic heterocycles. The van der Waals surface area contributed by atoms with E-state index in [1.807, 2.05) is 0 Å². The molecular weight excluding hydrogens is 132 g/mol. The van der Waals surface area contributed by atoms with Crippen LogP contribution >= 0.6 is 0 Å². The molecular formula is C11H20. The van der Waals surface area contributed by atoms with Crippen molar-refractivity contribution in [3.63, 3.8) is 0 Å². The van der Waals surface area contributed by atoms with Crippen molar-refractivity contribution in [2.24, 2.45) is 11.3 Å². The van der Waals surface area contributed by atoms with Gasteiger partial charge in [-0.05, 0) is 37.0 Å². The molecule has 0 unspecified atom stereocenters. The van der Waals surface area contributed by atoms with Crippen LogP contribution < -0.4 is 0 Å². The molecule has 2 atom stereocenters. The fraction of sp³-hybridized carbons (Fsp3) is 1.00. The van der Waals surface area contributed by atoms with Gasteiger partial charge in [0.05, 0.1) is 0 Å². The third-order valence-electron chi connectivity index (χ3n) is 3.80. The van der Waals surface area contributed by atoms with Crippen LogP contribution in [0.15, 0.2) is 0 Å². The topological polar surface area (TPSA) is 0 Å². The third-order valence-corrected chi connectivity index (χ3v) is 3.80. The lowest BCUT2D eigenvalue weighted by atomic mass is 9.61. The summed E-state index contributed by atoms with van der Waals surface area (Å²) < 4.78 is 15.6. The van der Waals surface area contributed by atoms with E-state index in [1.54, 1.807) is 0 Å². The van der Waals surface area contributed by atoms with E-state index < -0.39 is 6.37 Å². The van der Waals surface area contributed by atoms with Gasteiger partial charge in [-0.3, -0.25) is 0 Å². The van der Waals surface area contributed by atoms with Crippen molar-refractivity contribution in [3.8, 4) is 0 Å². The van der Waals surface area contributed by atoms with E-state index in [-0.39, 0.29) is 0 Å². The Morgan fingerprint density at radius 1 is 1.18 bits per heavy atom. The van der Waals surface area contributed by atoms with Gasteiger partial charge in [-0.2, -0.15) is 0 Å². The predicted octanol–water partition coefficient (Wildman–Crippen LogP) is 3.76. The lowest BCUT2D eigenvalue weighted by molar-refractivity contribution is 0.0647. The second-order valence-electron chi connectivity index (χ2n) is 4.55. The molecule has 2 aliphatic rings. The van der Waals surface area contributed by atoms with E-state index in [1.165, 1.54) is 25.7 Å². The molecule has 2 aliphatic carbocycles. The van der Waals surface area contributed by atoms with Crippen LogP contribution in [0.4, 0.5) is 0 Å². The van der Waals surface area contributed by atoms with E-state index in [2.05, 4.69) is 6.92 Å². The van der Waals surface area contributed by atoms with Crippen LogP contribution in [0.25, 0.3) is 0 Å². The normalized spacial score (nSPS) is 52.3. The molecule has 11 heavy (non-hydrogen) atoms. The molecule has 2 rings (SSSR count). The van der Waals surface area contributed by atoms with Gasteiger partial charge in [0.1, 0.15) is 0 Å². The number of rotatable bonds is 0. The first kappa shape index (κ1) is 5.61. The fourth-order valence-corrected chi connectivity index (χ4v) is 2.80. The Morgan fingerprint density at radius 2 is 2.00 bits per heavy atom. The summed E-state index contributed by atoms with van der Waals surface area (Å²) in [5.41, 5.74) is 0.490. The molecule has 0 radical (unpaired) electrons. The van der Waals surface area contributed by atoms with Crippen molar-refractivity contribution >= 4 is 0 Å². The Morgan fingerprint density at radius 3 is 2.91 bits per heavy atom. The maximum Gasteiger partial charge on any atom is 0.0267 e. The SMILES string of the molecule is [2H]C1([2H])CC[C@@]2(C)CCCC[C@@H]2C1. The summed E-state index contributed by atoms with van der Waals surface area (Å²) in [6, 6.07) is 0. The van der Waals surface area contributed by atoms with Crippen molar-refractivity contribution < 1.29 is 2.74 Å². The van der Waals surface area contributed by atoms with Crippen molar-refractivity contribution in [2.75, 3.05) is 0 Å². The van der Waals surface area contributed by atoms with E-state index in [4.69, 9.17) is 2.74 Å². The molecule has 2 fully saturated rings. The first-order valence-electron chi connectivity index (χ1n) is 6.02. The fourth-order valence-electron chi connectivity index (χ4n) is 2.80. The molecule has 64 valence electrons. The molecule has 0 bridgehead atoms. The predicted molar refractivity (Wildman–Crippen MR) is 48.5 cm³/mol. The highest BCUT2D eigenvalue weighted by Gasteiger charge is 2.37. The molecule has 0 aromatic rings. The summed E-state index contributed by atoms with van der Waals surface area (Å²) in [5.74, 6) is 0.671. The average Bonchev–Trinajstić information content (AvgIpc) is 2.05. The van der Waals surface area contributed by atoms with Crippen LogP contribution in [0.3, 0.4) is 0 Å². The molecule has 0 amide bonds. The van der Waals surface area contributed by atoms with Gasteiger partial charge in [-0.25, -0.2) is 0 Å². The highest BCUT2D eigenvalue weighted by Crippen LogP contribution is 2.49. The molecule has 2 saturated carbocycles. The quantitative estimate of drug-likeness (QED) is 0.498. The van der Waals surface area contributed by atoms with Crippen molar-refractivity contribution in [1.29, 1.82) is 0 Å². The van der Waals surface area contributed by atoms with Gasteiger partial charge in [0.15, 0.2) is 0 Å². The van der Waals surface area contributed by atoms with E-state index >= 15 is 0 Å². The van der Waals surface area contributed by atoms with Gasteiger partial charge in [-0.1, -0.05) is 32.6 Å². The Bertz CT molecular complexity index is 200. The molecule has 0 aromatic carbocycles. The Balaban J connectivity index is 2.10. The summed E-state index contributed by atoms with van der Waals surface area (Å²) in [6.07, 6.45) is 7.19. The smallest absolute Gasteiger partial charge is 0.0267 e. The number of hydrogen-bond acceptors (Lipinski definition) is 0. The van der Waals surface area contributed by atoms with Crippen LogP contribution in [0.2, 0.25) is 0 Å². The Labute approximate surface area is 73.2 Å². The highest BCUT2D eigenvalue weighted by atomic mass is 14.4. The second kappa shape index (κ2) is 2.80. The average molecular weight is 154 g/mol. The first-order chi connectivity index (χ1) is 6.02. The molecule has 0 heteroatoms. The van der Waals surface area contributed by atoms with Crippen LogP contribution in [-0.2, 0) is 0 Å². The molecule has 0 spiro atoms. The number of hydrogen-bond donors (Lipinski definition) is 0. The van der Waals surface area contributed by atoms with Crippen LogP contribution in [0.1, 0.15) is 61.0 Å². The van der Waals surface area contributed by atoms with Crippen LogP contribution in [0, 0.1) is 11.3 Å². The van der Waals surface area contributed by atoms with Crippen LogP contribution in [0.5, 0.6) is 0 Å². The number of fused-ring (bicyclic) bond motifs is 1. The van der Waals surface area contributed by atoms with E-state index in [9.17, 15) is 0 Å². The lowest BCUT2D eigenvalue weighted by Crippen LogP contribution is -2.33. The summed E-state index contributed by atoms with van der Waals surface area (Å²) in [6.45, 7) is 2.38. The monoisotopic (exact) mass is 154 g/mol. The largest absolute Gasteiger partial charge is 0.0594 e. The lowest BCUT2D eigenvalue weighted by Gasteiger charge is -2.45. The van der Waals surface area contributed by atoms with Gasteiger partial charge in [0.25, 0.3) is 0 Å². The molecule has 0 aromatic heterocycles. The highest BCUT2D eigenvalue weighted by molar-refractivity contribution is 4.88. The minimum absolute atomic E-state index is 0.490. The molecule has 0 nitrogen and oxygen atoms in total. The summed E-state index contributed by atoms with van der Waals surface area (Å²) in [4.78, 5) is 0. The van der Waals surface area contributed by atoms with Crippen molar-refractivity contribution in [3.05, 3.63) is 0 Å². The maximum atomic E-state index is 7.80. The Kier molecular flexibility index (Phi) is 1.43. The minimum Gasteiger partial charge on any atom is -0.0594 e. The molecule has 0 heterocycles. The third kappa shape index (κ3) is 1.32. The van der Waals surface area contributed by atoms with Gasteiger partial charge >= 0.3 is 0 Å². The van der Waals surface area contributed by atoms with Crippen molar-refractivity contribution in [2.45, 2.75) is 58.2 Å². The van der Waals surface area contributed by atoms with Crippen LogP contribution in [-0.4, -0.2) is 0 Å². The zero-order valence-corrected chi connectivity index (χ0v) is 7.53. The van der Waals surface area contributed by atoms with Gasteiger partial charge in [0, 0.05) is 2.74 Å². The van der Waals surface area contributed by atoms with Gasteiger partial charge in [0.2, 0.25) is 0 Å². The van der Waals surface area contributed by atoms with E-state index in [0.29, 0.717) is 11.3 Å². The first-order valence-corrected chi connectivity index (χ1v) is 5.02. The minimum atomic E-state index is -0.860. The van der Waals surface area contributed by atoms with Gasteiger partial charge < -0.3 is 0 Å². The zero-order chi connectivity index (χ0) is 9.53. The standard InChI is InChI=1S/C11H20/c1-11-8-4-2-6-10(11)7-3-5-9-11/h10H,2-9H2,1H3/t10-,11-/i2D2/m0/s1. The summed E-state index contributed by atoms with van der Waals surface area (Å²) >= 11 is 0. The zero-order valence-electron chi connectivity index (χ0n) is 9.53. The second-order valence-corrected chi connectivity index (χ2v) is 4.55. The maximum absolute atomic E-state index is 7.80. The summed E-state index contributed by atoms with van der Waals surface area (Å²) in [7, 11) is 0. The van der Waals surface area contributed by atoms with Crippen molar-refractivity contribution in [1.82, 2.24) is 0 Å². The van der Waals surface area contributed by atoms with Gasteiger partial charge in [-0.15, -0.1) is 0 Å². The Hall–Kier alpha value is 0. The van der Waals surface area contributed by atoms with E-state index in [0.717, 1.165) is 19.3 Å². The molecule has 0 N–H and O–H groups in total.